The minimum Gasteiger partial charge on any atom is -0.355 e. The number of hydrogen-bond donors (Lipinski definition) is 2. The Morgan fingerprint density at radius 2 is 1.94 bits per heavy atom. The van der Waals surface area contributed by atoms with Crippen molar-refractivity contribution in [1.82, 2.24) is 10.6 Å². The van der Waals surface area contributed by atoms with Gasteiger partial charge < -0.3 is 10.6 Å². The van der Waals surface area contributed by atoms with Crippen LogP contribution in [-0.2, 0) is 4.79 Å². The van der Waals surface area contributed by atoms with Gasteiger partial charge in [0.15, 0.2) is 0 Å². The third-order valence-electron chi connectivity index (χ3n) is 4.19. The van der Waals surface area contributed by atoms with Crippen LogP contribution in [0, 0.1) is 17.3 Å². The molecular formula is C15H28N2O. The molecule has 2 aliphatic carbocycles. The summed E-state index contributed by atoms with van der Waals surface area (Å²) in [6.45, 7) is 8.77. The molecule has 18 heavy (non-hydrogen) atoms. The molecule has 2 atom stereocenters. The van der Waals surface area contributed by atoms with E-state index in [0.29, 0.717) is 17.4 Å². The van der Waals surface area contributed by atoms with Crippen LogP contribution in [0.1, 0.15) is 52.9 Å². The van der Waals surface area contributed by atoms with E-state index in [1.165, 1.54) is 19.3 Å². The van der Waals surface area contributed by atoms with E-state index in [1.54, 1.807) is 0 Å². The van der Waals surface area contributed by atoms with Gasteiger partial charge in [0.05, 0.1) is 0 Å². The third-order valence-corrected chi connectivity index (χ3v) is 4.19. The Labute approximate surface area is 111 Å². The molecule has 2 rings (SSSR count). The van der Waals surface area contributed by atoms with E-state index < -0.39 is 0 Å². The highest BCUT2D eigenvalue weighted by atomic mass is 16.2. The van der Waals surface area contributed by atoms with E-state index >= 15 is 0 Å². The average Bonchev–Trinajstić information content (AvgIpc) is 3.04. The number of carbonyl (C=O) groups excluding carboxylic acids is 1. The number of carbonyl (C=O) groups is 1. The topological polar surface area (TPSA) is 41.1 Å². The molecule has 2 N–H and O–H groups in total. The normalized spacial score (nSPS) is 31.1. The molecule has 2 aliphatic rings. The molecule has 0 spiro atoms. The minimum atomic E-state index is 0.258. The molecule has 1 amide bonds. The van der Waals surface area contributed by atoms with E-state index in [-0.39, 0.29) is 5.91 Å². The lowest BCUT2D eigenvalue weighted by Gasteiger charge is -2.39. The van der Waals surface area contributed by atoms with Crippen molar-refractivity contribution in [1.29, 1.82) is 0 Å². The van der Waals surface area contributed by atoms with Crippen molar-refractivity contribution in [2.45, 2.75) is 58.9 Å². The summed E-state index contributed by atoms with van der Waals surface area (Å²) in [5.74, 6) is 1.40. The monoisotopic (exact) mass is 252 g/mol. The number of rotatable bonds is 5. The van der Waals surface area contributed by atoms with E-state index in [0.717, 1.165) is 31.8 Å². The molecule has 3 nitrogen and oxygen atoms in total. The van der Waals surface area contributed by atoms with Gasteiger partial charge in [0.25, 0.3) is 0 Å². The summed E-state index contributed by atoms with van der Waals surface area (Å²) in [5, 5.41) is 6.62. The Balaban J connectivity index is 1.62. The zero-order valence-corrected chi connectivity index (χ0v) is 12.1. The van der Waals surface area contributed by atoms with Gasteiger partial charge in [-0.15, -0.1) is 0 Å². The fourth-order valence-corrected chi connectivity index (χ4v) is 3.45. The summed E-state index contributed by atoms with van der Waals surface area (Å²) in [6, 6.07) is 0.626. The number of hydrogen-bond acceptors (Lipinski definition) is 2. The maximum absolute atomic E-state index is 11.5. The lowest BCUT2D eigenvalue weighted by atomic mass is 9.70. The second-order valence-corrected chi connectivity index (χ2v) is 7.13. The van der Waals surface area contributed by atoms with Gasteiger partial charge in [-0.25, -0.2) is 0 Å². The minimum absolute atomic E-state index is 0.258. The number of nitrogens with one attached hydrogen (secondary N) is 2. The van der Waals surface area contributed by atoms with E-state index in [2.05, 4.69) is 31.4 Å². The molecule has 2 saturated carbocycles. The van der Waals surface area contributed by atoms with Crippen molar-refractivity contribution in [3.63, 3.8) is 0 Å². The van der Waals surface area contributed by atoms with Crippen molar-refractivity contribution < 1.29 is 4.79 Å². The second kappa shape index (κ2) is 5.60. The predicted octanol–water partition coefficient (Wildman–Crippen LogP) is 2.32. The van der Waals surface area contributed by atoms with Crippen LogP contribution in [-0.4, -0.2) is 25.0 Å². The van der Waals surface area contributed by atoms with Crippen LogP contribution in [0.25, 0.3) is 0 Å². The summed E-state index contributed by atoms with van der Waals surface area (Å²) in [7, 11) is 0. The highest BCUT2D eigenvalue weighted by Gasteiger charge is 2.32. The SMILES string of the molecule is CC1CC(NCCNC(=O)C2CC2)CC(C)(C)C1. The average molecular weight is 252 g/mol. The molecule has 0 heterocycles. The summed E-state index contributed by atoms with van der Waals surface area (Å²) < 4.78 is 0. The second-order valence-electron chi connectivity index (χ2n) is 7.13. The van der Waals surface area contributed by atoms with Gasteiger partial charge in [0, 0.05) is 25.0 Å². The summed E-state index contributed by atoms with van der Waals surface area (Å²) in [6.07, 6.45) is 6.05. The molecule has 2 unspecified atom stereocenters. The van der Waals surface area contributed by atoms with Crippen LogP contribution in [0.5, 0.6) is 0 Å². The van der Waals surface area contributed by atoms with Crippen LogP contribution in [0.3, 0.4) is 0 Å². The highest BCUT2D eigenvalue weighted by Crippen LogP contribution is 2.38. The first kappa shape index (κ1) is 13.9. The van der Waals surface area contributed by atoms with Crippen molar-refractivity contribution in [2.24, 2.45) is 17.3 Å². The first-order valence-electron chi connectivity index (χ1n) is 7.47. The van der Waals surface area contributed by atoms with Gasteiger partial charge in [-0.2, -0.15) is 0 Å². The van der Waals surface area contributed by atoms with Crippen LogP contribution in [0.15, 0.2) is 0 Å². The Hall–Kier alpha value is -0.570. The molecule has 2 fully saturated rings. The molecular weight excluding hydrogens is 224 g/mol. The van der Waals surface area contributed by atoms with Gasteiger partial charge in [-0.1, -0.05) is 20.8 Å². The van der Waals surface area contributed by atoms with Crippen LogP contribution in [0.2, 0.25) is 0 Å². The third kappa shape index (κ3) is 4.27. The summed E-state index contributed by atoms with van der Waals surface area (Å²) >= 11 is 0. The highest BCUT2D eigenvalue weighted by molar-refractivity contribution is 5.80. The maximum Gasteiger partial charge on any atom is 0.223 e. The molecule has 0 radical (unpaired) electrons. The molecule has 104 valence electrons. The standard InChI is InChI=1S/C15H28N2O/c1-11-8-13(10-15(2,3)9-11)16-6-7-17-14(18)12-4-5-12/h11-13,16H,4-10H2,1-3H3,(H,17,18). The molecule has 3 heteroatoms. The van der Waals surface area contributed by atoms with Crippen molar-refractivity contribution in [3.8, 4) is 0 Å². The first-order chi connectivity index (χ1) is 8.46. The zero-order valence-electron chi connectivity index (χ0n) is 12.1. The lowest BCUT2D eigenvalue weighted by molar-refractivity contribution is -0.122. The Kier molecular flexibility index (Phi) is 4.31. The smallest absolute Gasteiger partial charge is 0.223 e. The quantitative estimate of drug-likeness (QED) is 0.737. The molecule has 0 aromatic heterocycles. The van der Waals surface area contributed by atoms with Crippen LogP contribution in [0.4, 0.5) is 0 Å². The van der Waals surface area contributed by atoms with Gasteiger partial charge in [-0.3, -0.25) is 4.79 Å². The van der Waals surface area contributed by atoms with Gasteiger partial charge in [0.2, 0.25) is 5.91 Å². The van der Waals surface area contributed by atoms with Crippen LogP contribution < -0.4 is 10.6 Å². The van der Waals surface area contributed by atoms with Gasteiger partial charge >= 0.3 is 0 Å². The van der Waals surface area contributed by atoms with Crippen molar-refractivity contribution >= 4 is 5.91 Å². The Morgan fingerprint density at radius 1 is 1.22 bits per heavy atom. The van der Waals surface area contributed by atoms with Crippen molar-refractivity contribution in [2.75, 3.05) is 13.1 Å². The number of amides is 1. The fraction of sp³-hybridized carbons (Fsp3) is 0.933. The zero-order chi connectivity index (χ0) is 13.2. The summed E-state index contributed by atoms with van der Waals surface area (Å²) in [4.78, 5) is 11.5. The first-order valence-corrected chi connectivity index (χ1v) is 7.47. The van der Waals surface area contributed by atoms with Crippen LogP contribution >= 0.6 is 0 Å². The fourth-order valence-electron chi connectivity index (χ4n) is 3.45. The molecule has 0 saturated heterocycles. The van der Waals surface area contributed by atoms with E-state index in [4.69, 9.17) is 0 Å². The largest absolute Gasteiger partial charge is 0.355 e. The maximum atomic E-state index is 11.5. The van der Waals surface area contributed by atoms with Gasteiger partial charge in [-0.05, 0) is 43.4 Å². The van der Waals surface area contributed by atoms with E-state index in [1.807, 2.05) is 0 Å². The molecule has 0 aromatic carbocycles. The Bertz CT molecular complexity index is 297. The molecule has 0 bridgehead atoms. The van der Waals surface area contributed by atoms with Crippen molar-refractivity contribution in [3.05, 3.63) is 0 Å². The lowest BCUT2D eigenvalue weighted by Crippen LogP contribution is -2.43. The molecule has 0 aliphatic heterocycles. The van der Waals surface area contributed by atoms with E-state index in [9.17, 15) is 4.79 Å². The van der Waals surface area contributed by atoms with Gasteiger partial charge in [0.1, 0.15) is 0 Å². The molecule has 0 aromatic rings. The predicted molar refractivity (Wildman–Crippen MR) is 74.3 cm³/mol. The summed E-state index contributed by atoms with van der Waals surface area (Å²) in [5.41, 5.74) is 0.465. The Morgan fingerprint density at radius 3 is 2.56 bits per heavy atom.